The molecule has 1 aliphatic rings. The Hall–Kier alpha value is -1.64. The molecule has 1 aromatic rings. The van der Waals surface area contributed by atoms with Gasteiger partial charge in [0.2, 0.25) is 0 Å². The van der Waals surface area contributed by atoms with Gasteiger partial charge in [-0.2, -0.15) is 0 Å². The number of rotatable bonds is 4. The Bertz CT molecular complexity index is 435. The van der Waals surface area contributed by atoms with Crippen LogP contribution in [0.5, 0.6) is 0 Å². The molecule has 0 aromatic heterocycles. The molecule has 0 spiro atoms. The fourth-order valence-electron chi connectivity index (χ4n) is 2.83. The highest BCUT2D eigenvalue weighted by atomic mass is 16.2. The maximum absolute atomic E-state index is 12.1. The molecule has 1 aliphatic carbocycles. The predicted octanol–water partition coefficient (Wildman–Crippen LogP) is 2.95. The van der Waals surface area contributed by atoms with Crippen molar-refractivity contribution in [3.8, 4) is 0 Å². The Balaban J connectivity index is 2.04. The number of carbonyl (C=O) groups excluding carboxylic acids is 2. The maximum atomic E-state index is 12.1. The van der Waals surface area contributed by atoms with Crippen LogP contribution in [0.1, 0.15) is 49.4 Å². The predicted molar refractivity (Wildman–Crippen MR) is 75.0 cm³/mol. The Morgan fingerprint density at radius 3 is 2.32 bits per heavy atom. The van der Waals surface area contributed by atoms with E-state index in [1.54, 1.807) is 19.1 Å². The highest BCUT2D eigenvalue weighted by Crippen LogP contribution is 2.27. The molecule has 1 fully saturated rings. The second-order valence-corrected chi connectivity index (χ2v) is 5.33. The highest BCUT2D eigenvalue weighted by Gasteiger charge is 2.28. The first-order valence-electron chi connectivity index (χ1n) is 7.05. The molecule has 1 amide bonds. The Labute approximate surface area is 114 Å². The average Bonchev–Trinajstić information content (AvgIpc) is 2.46. The van der Waals surface area contributed by atoms with Crippen LogP contribution in [0.15, 0.2) is 30.3 Å². The van der Waals surface area contributed by atoms with Crippen molar-refractivity contribution in [2.45, 2.75) is 45.1 Å². The SMILES string of the molecule is CC(=O)[C@@H](NC(=O)c1ccccc1)C1CCCCC1. The molecule has 1 N–H and O–H groups in total. The third-order valence-electron chi connectivity index (χ3n) is 3.88. The molecule has 3 heteroatoms. The number of ketones is 1. The third kappa shape index (κ3) is 3.66. The minimum Gasteiger partial charge on any atom is -0.342 e. The molecular formula is C16H21NO2. The van der Waals surface area contributed by atoms with Crippen molar-refractivity contribution in [1.29, 1.82) is 0 Å². The van der Waals surface area contributed by atoms with E-state index in [0.717, 1.165) is 25.7 Å². The van der Waals surface area contributed by atoms with Crippen LogP contribution in [0.2, 0.25) is 0 Å². The Kier molecular flexibility index (Phi) is 4.72. The molecule has 0 heterocycles. The van der Waals surface area contributed by atoms with Crippen molar-refractivity contribution in [2.75, 3.05) is 0 Å². The summed E-state index contributed by atoms with van der Waals surface area (Å²) in [6, 6.07) is 8.76. The van der Waals surface area contributed by atoms with E-state index in [9.17, 15) is 9.59 Å². The first-order chi connectivity index (χ1) is 9.18. The quantitative estimate of drug-likeness (QED) is 0.903. The molecule has 0 bridgehead atoms. The molecular weight excluding hydrogens is 238 g/mol. The summed E-state index contributed by atoms with van der Waals surface area (Å²) in [7, 11) is 0. The fourth-order valence-corrected chi connectivity index (χ4v) is 2.83. The molecule has 1 saturated carbocycles. The number of hydrogen-bond acceptors (Lipinski definition) is 2. The van der Waals surface area contributed by atoms with Crippen molar-refractivity contribution >= 4 is 11.7 Å². The number of amides is 1. The lowest BCUT2D eigenvalue weighted by Gasteiger charge is -2.29. The number of Topliss-reactive ketones (excluding diaryl/α,β-unsaturated/α-hetero) is 1. The first kappa shape index (κ1) is 13.8. The largest absolute Gasteiger partial charge is 0.342 e. The van der Waals surface area contributed by atoms with E-state index < -0.39 is 0 Å². The van der Waals surface area contributed by atoms with Crippen LogP contribution in [0.25, 0.3) is 0 Å². The monoisotopic (exact) mass is 259 g/mol. The van der Waals surface area contributed by atoms with E-state index in [1.807, 2.05) is 18.2 Å². The van der Waals surface area contributed by atoms with Gasteiger partial charge >= 0.3 is 0 Å². The summed E-state index contributed by atoms with van der Waals surface area (Å²) in [5.74, 6) is 0.224. The van der Waals surface area contributed by atoms with Gasteiger partial charge in [0.05, 0.1) is 6.04 Å². The van der Waals surface area contributed by atoms with E-state index in [0.29, 0.717) is 11.5 Å². The van der Waals surface area contributed by atoms with E-state index in [2.05, 4.69) is 5.32 Å². The van der Waals surface area contributed by atoms with Crippen LogP contribution in [-0.4, -0.2) is 17.7 Å². The van der Waals surface area contributed by atoms with Crippen LogP contribution < -0.4 is 5.32 Å². The summed E-state index contributed by atoms with van der Waals surface area (Å²) in [5.41, 5.74) is 0.615. The summed E-state index contributed by atoms with van der Waals surface area (Å²) in [4.78, 5) is 23.9. The van der Waals surface area contributed by atoms with Gasteiger partial charge in [-0.1, -0.05) is 37.5 Å². The van der Waals surface area contributed by atoms with Gasteiger partial charge in [0.1, 0.15) is 0 Å². The second kappa shape index (κ2) is 6.50. The first-order valence-corrected chi connectivity index (χ1v) is 7.05. The van der Waals surface area contributed by atoms with Gasteiger partial charge in [0, 0.05) is 5.56 Å². The molecule has 0 radical (unpaired) electrons. The van der Waals surface area contributed by atoms with Crippen molar-refractivity contribution in [2.24, 2.45) is 5.92 Å². The van der Waals surface area contributed by atoms with Crippen LogP contribution in [0, 0.1) is 5.92 Å². The summed E-state index contributed by atoms with van der Waals surface area (Å²) in [6.07, 6.45) is 5.65. The van der Waals surface area contributed by atoms with Crippen LogP contribution >= 0.6 is 0 Å². The average molecular weight is 259 g/mol. The van der Waals surface area contributed by atoms with Crippen molar-refractivity contribution in [1.82, 2.24) is 5.32 Å². The van der Waals surface area contributed by atoms with E-state index >= 15 is 0 Å². The normalized spacial score (nSPS) is 17.7. The Morgan fingerprint density at radius 2 is 1.74 bits per heavy atom. The van der Waals surface area contributed by atoms with Gasteiger partial charge < -0.3 is 5.32 Å². The van der Waals surface area contributed by atoms with Crippen LogP contribution in [0.3, 0.4) is 0 Å². The smallest absolute Gasteiger partial charge is 0.251 e. The zero-order valence-electron chi connectivity index (χ0n) is 11.4. The Morgan fingerprint density at radius 1 is 1.11 bits per heavy atom. The number of benzene rings is 1. The van der Waals surface area contributed by atoms with Gasteiger partial charge in [0.15, 0.2) is 5.78 Å². The molecule has 102 valence electrons. The maximum Gasteiger partial charge on any atom is 0.251 e. The zero-order chi connectivity index (χ0) is 13.7. The van der Waals surface area contributed by atoms with Gasteiger partial charge in [-0.3, -0.25) is 9.59 Å². The standard InChI is InChI=1S/C16H21NO2/c1-12(18)15(13-8-4-2-5-9-13)17-16(19)14-10-6-3-7-11-14/h3,6-7,10-11,13,15H,2,4-5,8-9H2,1H3,(H,17,19)/t15-/m1/s1. The number of hydrogen-bond donors (Lipinski definition) is 1. The van der Waals surface area contributed by atoms with Crippen LogP contribution in [-0.2, 0) is 4.79 Å². The fraction of sp³-hybridized carbons (Fsp3) is 0.500. The summed E-state index contributed by atoms with van der Waals surface area (Å²) < 4.78 is 0. The summed E-state index contributed by atoms with van der Waals surface area (Å²) >= 11 is 0. The van der Waals surface area contributed by atoms with Crippen molar-refractivity contribution in [3.05, 3.63) is 35.9 Å². The molecule has 3 nitrogen and oxygen atoms in total. The zero-order valence-corrected chi connectivity index (χ0v) is 11.4. The highest BCUT2D eigenvalue weighted by molar-refractivity contribution is 5.97. The number of carbonyl (C=O) groups is 2. The molecule has 1 atom stereocenters. The second-order valence-electron chi connectivity index (χ2n) is 5.33. The summed E-state index contributed by atoms with van der Waals surface area (Å²) in [6.45, 7) is 1.57. The lowest BCUT2D eigenvalue weighted by atomic mass is 9.82. The number of nitrogens with one attached hydrogen (secondary N) is 1. The van der Waals surface area contributed by atoms with Crippen molar-refractivity contribution < 1.29 is 9.59 Å². The van der Waals surface area contributed by atoms with Crippen molar-refractivity contribution in [3.63, 3.8) is 0 Å². The van der Waals surface area contributed by atoms with E-state index in [4.69, 9.17) is 0 Å². The van der Waals surface area contributed by atoms with E-state index in [1.165, 1.54) is 6.42 Å². The molecule has 2 rings (SSSR count). The van der Waals surface area contributed by atoms with E-state index in [-0.39, 0.29) is 17.7 Å². The van der Waals surface area contributed by atoms with Gasteiger partial charge in [-0.15, -0.1) is 0 Å². The molecule has 0 unspecified atom stereocenters. The summed E-state index contributed by atoms with van der Waals surface area (Å²) in [5, 5.41) is 2.91. The van der Waals surface area contributed by atoms with Gasteiger partial charge in [0.25, 0.3) is 5.91 Å². The molecule has 1 aromatic carbocycles. The van der Waals surface area contributed by atoms with Gasteiger partial charge in [-0.05, 0) is 37.8 Å². The molecule has 0 saturated heterocycles. The molecule has 19 heavy (non-hydrogen) atoms. The topological polar surface area (TPSA) is 46.2 Å². The third-order valence-corrected chi connectivity index (χ3v) is 3.88. The lowest BCUT2D eigenvalue weighted by Crippen LogP contribution is -2.45. The lowest BCUT2D eigenvalue weighted by molar-refractivity contribution is -0.120. The minimum absolute atomic E-state index is 0.0659. The minimum atomic E-state index is -0.326. The van der Waals surface area contributed by atoms with Gasteiger partial charge in [-0.25, -0.2) is 0 Å². The molecule has 0 aliphatic heterocycles. The van der Waals surface area contributed by atoms with Crippen LogP contribution in [0.4, 0.5) is 0 Å².